The molecule has 0 fully saturated rings. The summed E-state index contributed by atoms with van der Waals surface area (Å²) < 4.78 is 4.43. The number of methoxy groups -OCH3 is 1. The van der Waals surface area contributed by atoms with Crippen LogP contribution in [-0.2, 0) is 14.3 Å². The molecule has 20 heavy (non-hydrogen) atoms. The van der Waals surface area contributed by atoms with Crippen LogP contribution < -0.4 is 10.6 Å². The Morgan fingerprint density at radius 3 is 2.80 bits per heavy atom. The Kier molecular flexibility index (Phi) is 6.13. The lowest BCUT2D eigenvalue weighted by Gasteiger charge is -2.09. The van der Waals surface area contributed by atoms with E-state index in [9.17, 15) is 9.59 Å². The molecular weight excluding hydrogens is 278 g/mol. The maximum atomic E-state index is 11.5. The predicted octanol–water partition coefficient (Wildman–Crippen LogP) is 1.32. The van der Waals surface area contributed by atoms with E-state index in [2.05, 4.69) is 15.4 Å². The molecule has 6 nitrogen and oxygen atoms in total. The number of hydrogen-bond donors (Lipinski definition) is 2. The van der Waals surface area contributed by atoms with E-state index >= 15 is 0 Å². The third-order valence-corrected chi connectivity index (χ3v) is 2.49. The van der Waals surface area contributed by atoms with Crippen molar-refractivity contribution in [2.24, 2.45) is 0 Å². The number of carbonyl (C=O) groups excluding carboxylic acids is 2. The number of nitrogens with one attached hydrogen (secondary N) is 2. The lowest BCUT2D eigenvalue weighted by atomic mass is 10.2. The van der Waals surface area contributed by atoms with Gasteiger partial charge in [-0.3, -0.25) is 9.59 Å². The number of esters is 1. The highest BCUT2D eigenvalue weighted by molar-refractivity contribution is 7.80. The molecule has 1 rings (SSSR count). The molecule has 0 aliphatic rings. The van der Waals surface area contributed by atoms with Gasteiger partial charge in [0.2, 0.25) is 5.91 Å². The summed E-state index contributed by atoms with van der Waals surface area (Å²) in [5.74, 6) is -0.843. The van der Waals surface area contributed by atoms with Crippen molar-refractivity contribution in [1.82, 2.24) is 5.32 Å². The van der Waals surface area contributed by atoms with Crippen LogP contribution in [0.1, 0.15) is 18.4 Å². The molecule has 1 amide bonds. The molecule has 0 atom stereocenters. The lowest BCUT2D eigenvalue weighted by molar-refractivity contribution is -0.142. The summed E-state index contributed by atoms with van der Waals surface area (Å²) >= 11 is 4.96. The van der Waals surface area contributed by atoms with Gasteiger partial charge in [0.05, 0.1) is 25.2 Å². The number of hydrogen-bond acceptors (Lipinski definition) is 5. The first kappa shape index (κ1) is 15.6. The van der Waals surface area contributed by atoms with Crippen molar-refractivity contribution in [1.29, 1.82) is 5.26 Å². The first-order valence-corrected chi connectivity index (χ1v) is 6.14. The summed E-state index contributed by atoms with van der Waals surface area (Å²) in [5, 5.41) is 14.1. The molecule has 1 aromatic carbocycles. The Bertz CT molecular complexity index is 566. The second-order valence-electron chi connectivity index (χ2n) is 3.77. The van der Waals surface area contributed by atoms with Crippen molar-refractivity contribution in [2.75, 3.05) is 12.4 Å². The monoisotopic (exact) mass is 291 g/mol. The van der Waals surface area contributed by atoms with Gasteiger partial charge >= 0.3 is 5.97 Å². The summed E-state index contributed by atoms with van der Waals surface area (Å²) in [5.41, 5.74) is 1.08. The van der Waals surface area contributed by atoms with Crippen LogP contribution in [0.25, 0.3) is 0 Å². The topological polar surface area (TPSA) is 91.2 Å². The number of thiocarbonyl (C=S) groups is 1. The maximum absolute atomic E-state index is 11.5. The highest BCUT2D eigenvalue weighted by atomic mass is 32.1. The summed E-state index contributed by atoms with van der Waals surface area (Å²) in [6.07, 6.45) is -0.0123. The van der Waals surface area contributed by atoms with Crippen molar-refractivity contribution in [3.63, 3.8) is 0 Å². The second kappa shape index (κ2) is 7.86. The minimum atomic E-state index is -0.458. The minimum absolute atomic E-state index is 0.00510. The third-order valence-electron chi connectivity index (χ3n) is 2.29. The SMILES string of the molecule is COC(=O)CCC(=O)NC(=S)Nc1cccc(C#N)c1. The van der Waals surface area contributed by atoms with E-state index in [1.807, 2.05) is 6.07 Å². The number of carbonyl (C=O) groups is 2. The Morgan fingerprint density at radius 2 is 2.15 bits per heavy atom. The molecule has 0 radical (unpaired) electrons. The summed E-state index contributed by atoms with van der Waals surface area (Å²) in [6, 6.07) is 8.67. The predicted molar refractivity (Wildman–Crippen MR) is 76.8 cm³/mol. The van der Waals surface area contributed by atoms with Crippen LogP contribution in [0.15, 0.2) is 24.3 Å². The van der Waals surface area contributed by atoms with Gasteiger partial charge in [-0.25, -0.2) is 0 Å². The third kappa shape index (κ3) is 5.46. The van der Waals surface area contributed by atoms with Gasteiger partial charge in [0, 0.05) is 12.1 Å². The first-order chi connectivity index (χ1) is 9.55. The molecular formula is C13H13N3O3S. The van der Waals surface area contributed by atoms with E-state index in [1.165, 1.54) is 7.11 Å². The average Bonchev–Trinajstić information content (AvgIpc) is 2.44. The Labute approximate surface area is 121 Å². The van der Waals surface area contributed by atoms with Gasteiger partial charge in [0.25, 0.3) is 0 Å². The molecule has 104 valence electrons. The van der Waals surface area contributed by atoms with Crippen LogP contribution in [0, 0.1) is 11.3 Å². The number of nitrogens with zero attached hydrogens (tertiary/aromatic N) is 1. The minimum Gasteiger partial charge on any atom is -0.469 e. The van der Waals surface area contributed by atoms with E-state index in [1.54, 1.807) is 24.3 Å². The number of nitriles is 1. The van der Waals surface area contributed by atoms with Crippen molar-refractivity contribution in [2.45, 2.75) is 12.8 Å². The molecule has 0 heterocycles. The zero-order valence-electron chi connectivity index (χ0n) is 10.8. The van der Waals surface area contributed by atoms with Crippen LogP contribution >= 0.6 is 12.2 Å². The summed E-state index contributed by atoms with van der Waals surface area (Å²) in [6.45, 7) is 0. The Balaban J connectivity index is 2.45. The molecule has 0 saturated heterocycles. The number of amides is 1. The van der Waals surface area contributed by atoms with E-state index < -0.39 is 5.97 Å². The molecule has 2 N–H and O–H groups in total. The molecule has 7 heteroatoms. The molecule has 0 unspecified atom stereocenters. The van der Waals surface area contributed by atoms with Crippen molar-refractivity contribution in [3.8, 4) is 6.07 Å². The van der Waals surface area contributed by atoms with Gasteiger partial charge in [0.1, 0.15) is 0 Å². The zero-order valence-corrected chi connectivity index (χ0v) is 11.6. The van der Waals surface area contributed by atoms with Gasteiger partial charge in [-0.05, 0) is 30.4 Å². The highest BCUT2D eigenvalue weighted by Crippen LogP contribution is 2.09. The fourth-order valence-corrected chi connectivity index (χ4v) is 1.57. The van der Waals surface area contributed by atoms with Crippen molar-refractivity contribution >= 4 is 34.9 Å². The summed E-state index contributed by atoms with van der Waals surface area (Å²) in [4.78, 5) is 22.4. The molecule has 0 aliphatic heterocycles. The van der Waals surface area contributed by atoms with Gasteiger partial charge in [-0.1, -0.05) is 6.07 Å². The standard InChI is InChI=1S/C13H13N3O3S/c1-19-12(18)6-5-11(17)16-13(20)15-10-4-2-3-9(7-10)8-14/h2-4,7H,5-6H2,1H3,(H2,15,16,17,20). The van der Waals surface area contributed by atoms with E-state index in [-0.39, 0.29) is 23.9 Å². The zero-order chi connectivity index (χ0) is 15.0. The fraction of sp³-hybridized carbons (Fsp3) is 0.231. The first-order valence-electron chi connectivity index (χ1n) is 5.73. The van der Waals surface area contributed by atoms with E-state index in [4.69, 9.17) is 17.5 Å². The Morgan fingerprint density at radius 1 is 1.40 bits per heavy atom. The average molecular weight is 291 g/mol. The van der Waals surface area contributed by atoms with Crippen LogP contribution in [-0.4, -0.2) is 24.1 Å². The van der Waals surface area contributed by atoms with Crippen LogP contribution in [0.3, 0.4) is 0 Å². The quantitative estimate of drug-likeness (QED) is 0.642. The number of anilines is 1. The van der Waals surface area contributed by atoms with Crippen LogP contribution in [0.2, 0.25) is 0 Å². The van der Waals surface area contributed by atoms with Gasteiger partial charge in [0.15, 0.2) is 5.11 Å². The largest absolute Gasteiger partial charge is 0.469 e. The van der Waals surface area contributed by atoms with Gasteiger partial charge in [-0.2, -0.15) is 5.26 Å². The molecule has 0 aliphatic carbocycles. The number of rotatable bonds is 4. The molecule has 1 aromatic rings. The maximum Gasteiger partial charge on any atom is 0.306 e. The summed E-state index contributed by atoms with van der Waals surface area (Å²) in [7, 11) is 1.26. The smallest absolute Gasteiger partial charge is 0.306 e. The number of ether oxygens (including phenoxy) is 1. The Hall–Kier alpha value is -2.46. The van der Waals surface area contributed by atoms with E-state index in [0.29, 0.717) is 11.3 Å². The lowest BCUT2D eigenvalue weighted by Crippen LogP contribution is -2.34. The highest BCUT2D eigenvalue weighted by Gasteiger charge is 2.08. The second-order valence-corrected chi connectivity index (χ2v) is 4.18. The van der Waals surface area contributed by atoms with Gasteiger partial charge < -0.3 is 15.4 Å². The normalized spacial score (nSPS) is 9.20. The van der Waals surface area contributed by atoms with Gasteiger partial charge in [-0.15, -0.1) is 0 Å². The van der Waals surface area contributed by atoms with Crippen LogP contribution in [0.4, 0.5) is 5.69 Å². The van der Waals surface area contributed by atoms with Crippen molar-refractivity contribution in [3.05, 3.63) is 29.8 Å². The van der Waals surface area contributed by atoms with Crippen molar-refractivity contribution < 1.29 is 14.3 Å². The van der Waals surface area contributed by atoms with Crippen LogP contribution in [0.5, 0.6) is 0 Å². The molecule has 0 spiro atoms. The molecule has 0 bridgehead atoms. The van der Waals surface area contributed by atoms with E-state index in [0.717, 1.165) is 0 Å². The molecule has 0 saturated carbocycles. The number of benzene rings is 1. The fourth-order valence-electron chi connectivity index (χ4n) is 1.34. The molecule has 0 aromatic heterocycles.